The van der Waals surface area contributed by atoms with Crippen molar-refractivity contribution in [2.24, 2.45) is 7.05 Å². The fraction of sp³-hybridized carbons (Fsp3) is 0.400. The summed E-state index contributed by atoms with van der Waals surface area (Å²) in [6, 6.07) is 7.77. The molecule has 3 heterocycles. The van der Waals surface area contributed by atoms with E-state index in [-0.39, 0.29) is 5.78 Å². The quantitative estimate of drug-likeness (QED) is 0.624. The first kappa shape index (κ1) is 17.8. The minimum absolute atomic E-state index is 0.0886. The molecule has 2 aromatic heterocycles. The Morgan fingerprint density at radius 2 is 1.89 bits per heavy atom. The third-order valence-electron chi connectivity index (χ3n) is 4.91. The molecule has 1 saturated heterocycles. The number of fused-ring (bicyclic) bond motifs is 1. The molecule has 1 aliphatic rings. The summed E-state index contributed by atoms with van der Waals surface area (Å²) < 4.78 is 7.11. The number of hydrogen-bond acceptors (Lipinski definition) is 6. The molecule has 140 valence electrons. The van der Waals surface area contributed by atoms with Crippen LogP contribution >= 0.6 is 0 Å². The minimum atomic E-state index is 0.0886. The van der Waals surface area contributed by atoms with E-state index in [4.69, 9.17) is 4.74 Å². The van der Waals surface area contributed by atoms with Crippen molar-refractivity contribution >= 4 is 16.8 Å². The molecule has 0 amide bonds. The Bertz CT molecular complexity index is 946. The molecule has 0 bridgehead atoms. The standard InChI is InChI=1S/C20H23N5O2/c1-24-19(15-4-5-16-17(13-15)22-7-6-21-16)14-18(23-24)20(26)3-2-8-25-9-11-27-12-10-25/h4-7,13-14H,2-3,8-12H2,1H3. The number of nitrogens with zero attached hydrogens (tertiary/aromatic N) is 5. The van der Waals surface area contributed by atoms with Crippen LogP contribution in [0.5, 0.6) is 0 Å². The number of ketones is 1. The van der Waals surface area contributed by atoms with Crippen LogP contribution in [-0.2, 0) is 11.8 Å². The first-order valence-electron chi connectivity index (χ1n) is 9.29. The van der Waals surface area contributed by atoms with Gasteiger partial charge in [-0.15, -0.1) is 0 Å². The van der Waals surface area contributed by atoms with Crippen LogP contribution in [0.15, 0.2) is 36.7 Å². The molecule has 3 aromatic rings. The molecule has 7 nitrogen and oxygen atoms in total. The summed E-state index contributed by atoms with van der Waals surface area (Å²) >= 11 is 0. The zero-order chi connectivity index (χ0) is 18.6. The second-order valence-corrected chi connectivity index (χ2v) is 6.78. The van der Waals surface area contributed by atoms with E-state index in [1.54, 1.807) is 17.1 Å². The summed E-state index contributed by atoms with van der Waals surface area (Å²) in [7, 11) is 1.86. The predicted molar refractivity (Wildman–Crippen MR) is 103 cm³/mol. The zero-order valence-electron chi connectivity index (χ0n) is 15.5. The van der Waals surface area contributed by atoms with E-state index in [0.29, 0.717) is 12.1 Å². The van der Waals surface area contributed by atoms with Crippen molar-refractivity contribution in [1.82, 2.24) is 24.6 Å². The van der Waals surface area contributed by atoms with Gasteiger partial charge in [0.1, 0.15) is 5.69 Å². The fourth-order valence-electron chi connectivity index (χ4n) is 3.41. The van der Waals surface area contributed by atoms with E-state index in [9.17, 15) is 4.79 Å². The van der Waals surface area contributed by atoms with Gasteiger partial charge < -0.3 is 4.74 Å². The van der Waals surface area contributed by atoms with Crippen molar-refractivity contribution in [3.63, 3.8) is 0 Å². The highest BCUT2D eigenvalue weighted by atomic mass is 16.5. The van der Waals surface area contributed by atoms with Gasteiger partial charge in [-0.1, -0.05) is 6.07 Å². The van der Waals surface area contributed by atoms with Crippen molar-refractivity contribution < 1.29 is 9.53 Å². The Labute approximate surface area is 158 Å². The average Bonchev–Trinajstić information content (AvgIpc) is 3.10. The average molecular weight is 365 g/mol. The molecule has 27 heavy (non-hydrogen) atoms. The lowest BCUT2D eigenvalue weighted by Gasteiger charge is -2.26. The van der Waals surface area contributed by atoms with Gasteiger partial charge in [0, 0.05) is 44.5 Å². The molecular formula is C20H23N5O2. The molecule has 0 spiro atoms. The zero-order valence-corrected chi connectivity index (χ0v) is 15.5. The number of hydrogen-bond donors (Lipinski definition) is 0. The van der Waals surface area contributed by atoms with Crippen LogP contribution in [0.4, 0.5) is 0 Å². The number of rotatable bonds is 6. The maximum absolute atomic E-state index is 12.6. The maximum Gasteiger partial charge on any atom is 0.183 e. The van der Waals surface area contributed by atoms with Crippen molar-refractivity contribution in [2.75, 3.05) is 32.8 Å². The van der Waals surface area contributed by atoms with Crippen LogP contribution in [0.25, 0.3) is 22.3 Å². The monoisotopic (exact) mass is 365 g/mol. The van der Waals surface area contributed by atoms with Crippen LogP contribution in [-0.4, -0.2) is 63.3 Å². The fourth-order valence-corrected chi connectivity index (χ4v) is 3.41. The van der Waals surface area contributed by atoms with Crippen LogP contribution < -0.4 is 0 Å². The number of ether oxygens (including phenoxy) is 1. The predicted octanol–water partition coefficient (Wildman–Crippen LogP) is 2.33. The van der Waals surface area contributed by atoms with Crippen LogP contribution in [0.2, 0.25) is 0 Å². The third-order valence-corrected chi connectivity index (χ3v) is 4.91. The van der Waals surface area contributed by atoms with Gasteiger partial charge in [-0.2, -0.15) is 5.10 Å². The lowest BCUT2D eigenvalue weighted by molar-refractivity contribution is 0.0371. The summed E-state index contributed by atoms with van der Waals surface area (Å²) in [5.41, 5.74) is 4.08. The number of carbonyl (C=O) groups excluding carboxylic acids is 1. The van der Waals surface area contributed by atoms with E-state index >= 15 is 0 Å². The number of benzene rings is 1. The van der Waals surface area contributed by atoms with Crippen LogP contribution in [0.1, 0.15) is 23.3 Å². The normalized spacial score (nSPS) is 15.3. The van der Waals surface area contributed by atoms with Gasteiger partial charge in [0.2, 0.25) is 0 Å². The van der Waals surface area contributed by atoms with Gasteiger partial charge in [-0.25, -0.2) is 0 Å². The summed E-state index contributed by atoms with van der Waals surface area (Å²) in [4.78, 5) is 23.5. The lowest BCUT2D eigenvalue weighted by Crippen LogP contribution is -2.36. The molecule has 0 atom stereocenters. The Hall–Kier alpha value is -2.64. The SMILES string of the molecule is Cn1nc(C(=O)CCCN2CCOCC2)cc1-c1ccc2nccnc2c1. The summed E-state index contributed by atoms with van der Waals surface area (Å²) in [5.74, 6) is 0.0886. The van der Waals surface area contributed by atoms with Gasteiger partial charge in [-0.05, 0) is 31.2 Å². The van der Waals surface area contributed by atoms with Crippen LogP contribution in [0, 0.1) is 0 Å². The summed E-state index contributed by atoms with van der Waals surface area (Å²) in [6.45, 7) is 4.40. The van der Waals surface area contributed by atoms with Gasteiger partial charge >= 0.3 is 0 Å². The molecule has 1 aliphatic heterocycles. The van der Waals surface area contributed by atoms with E-state index in [2.05, 4.69) is 20.0 Å². The Morgan fingerprint density at radius 1 is 1.11 bits per heavy atom. The number of morpholine rings is 1. The Kier molecular flexibility index (Phi) is 5.22. The molecular weight excluding hydrogens is 342 g/mol. The number of carbonyl (C=O) groups is 1. The Morgan fingerprint density at radius 3 is 2.70 bits per heavy atom. The lowest BCUT2D eigenvalue weighted by atomic mass is 10.1. The topological polar surface area (TPSA) is 73.1 Å². The third kappa shape index (κ3) is 4.04. The summed E-state index contributed by atoms with van der Waals surface area (Å²) in [6.07, 6.45) is 4.71. The first-order valence-corrected chi connectivity index (χ1v) is 9.29. The van der Waals surface area contributed by atoms with Crippen molar-refractivity contribution in [2.45, 2.75) is 12.8 Å². The van der Waals surface area contributed by atoms with Gasteiger partial charge in [-0.3, -0.25) is 24.3 Å². The van der Waals surface area contributed by atoms with Gasteiger partial charge in [0.15, 0.2) is 5.78 Å². The largest absolute Gasteiger partial charge is 0.379 e. The smallest absolute Gasteiger partial charge is 0.183 e. The van der Waals surface area contributed by atoms with Gasteiger partial charge in [0.25, 0.3) is 0 Å². The second-order valence-electron chi connectivity index (χ2n) is 6.78. The second kappa shape index (κ2) is 7.94. The highest BCUT2D eigenvalue weighted by Crippen LogP contribution is 2.23. The van der Waals surface area contributed by atoms with E-state index in [1.807, 2.05) is 31.3 Å². The van der Waals surface area contributed by atoms with Crippen molar-refractivity contribution in [1.29, 1.82) is 0 Å². The molecule has 0 radical (unpaired) electrons. The molecule has 4 rings (SSSR count). The molecule has 0 aliphatic carbocycles. The molecule has 7 heteroatoms. The van der Waals surface area contributed by atoms with Crippen molar-refractivity contribution in [3.8, 4) is 11.3 Å². The first-order chi connectivity index (χ1) is 13.2. The van der Waals surface area contributed by atoms with E-state index in [0.717, 1.165) is 61.6 Å². The number of aryl methyl sites for hydroxylation is 1. The van der Waals surface area contributed by atoms with E-state index < -0.39 is 0 Å². The molecule has 0 saturated carbocycles. The Balaban J connectivity index is 1.44. The minimum Gasteiger partial charge on any atom is -0.379 e. The van der Waals surface area contributed by atoms with E-state index in [1.165, 1.54) is 0 Å². The molecule has 0 N–H and O–H groups in total. The van der Waals surface area contributed by atoms with Crippen molar-refractivity contribution in [3.05, 3.63) is 42.4 Å². The highest BCUT2D eigenvalue weighted by Gasteiger charge is 2.16. The number of aromatic nitrogens is 4. The maximum atomic E-state index is 12.6. The molecule has 1 fully saturated rings. The summed E-state index contributed by atoms with van der Waals surface area (Å²) in [5, 5.41) is 4.43. The highest BCUT2D eigenvalue weighted by molar-refractivity contribution is 5.95. The molecule has 0 unspecified atom stereocenters. The molecule has 1 aromatic carbocycles. The van der Waals surface area contributed by atoms with Gasteiger partial charge in [0.05, 0.1) is 29.9 Å². The number of Topliss-reactive ketones (excluding diaryl/α,β-unsaturated/α-hetero) is 1. The van der Waals surface area contributed by atoms with Crippen LogP contribution in [0.3, 0.4) is 0 Å².